The zero-order valence-corrected chi connectivity index (χ0v) is 31.9. The fourth-order valence-electron chi connectivity index (χ4n) is 8.89. The Morgan fingerprint density at radius 1 is 0.345 bits per heavy atom. The van der Waals surface area contributed by atoms with Gasteiger partial charge in [-0.25, -0.2) is 0 Å². The van der Waals surface area contributed by atoms with Crippen LogP contribution in [0.4, 0.5) is 17.1 Å². The van der Waals surface area contributed by atoms with Crippen molar-refractivity contribution in [3.05, 3.63) is 223 Å². The highest BCUT2D eigenvalue weighted by Gasteiger charge is 2.36. The minimum Gasteiger partial charge on any atom is -0.310 e. The van der Waals surface area contributed by atoms with Crippen LogP contribution in [0.5, 0.6) is 0 Å². The van der Waals surface area contributed by atoms with Gasteiger partial charge in [-0.2, -0.15) is 0 Å². The lowest BCUT2D eigenvalue weighted by Gasteiger charge is -2.42. The van der Waals surface area contributed by atoms with E-state index >= 15 is 0 Å². The third kappa shape index (κ3) is 5.32. The summed E-state index contributed by atoms with van der Waals surface area (Å²) < 4.78 is 0. The monoisotopic (exact) mass is 723 g/mol. The summed E-state index contributed by atoms with van der Waals surface area (Å²) in [6.07, 6.45) is 0. The number of rotatable bonds is 8. The van der Waals surface area contributed by atoms with Crippen LogP contribution in [0.2, 0.25) is 0 Å². The van der Waals surface area contributed by atoms with Crippen molar-refractivity contribution in [1.82, 2.24) is 0 Å². The lowest BCUT2D eigenvalue weighted by molar-refractivity contribution is 0.663. The lowest BCUT2D eigenvalue weighted by Crippen LogP contribution is -2.17. The van der Waals surface area contributed by atoms with Crippen molar-refractivity contribution >= 4 is 48.6 Å². The van der Waals surface area contributed by atoms with Crippen molar-refractivity contribution < 1.29 is 0 Å². The van der Waals surface area contributed by atoms with E-state index in [1.807, 2.05) is 0 Å². The molecule has 0 saturated carbocycles. The average Bonchev–Trinajstić information content (AvgIpc) is 3.49. The standard InChI is InChI=1S/C53H41NS/c1-53(2)49-25-15-18-40-26-27-41-36-44(37-50(53)52(41)51(40)49)54(42-30-28-39(29-31-42)38-16-7-3-8-17-38)43-32-34-48(35-33-43)55(45-19-9-4-10-20-45,46-21-11-5-12-22-46)47-23-13-6-14-24-47/h3-37H,1-2H3. The van der Waals surface area contributed by atoms with Crippen molar-refractivity contribution in [3.8, 4) is 11.1 Å². The molecule has 1 aliphatic carbocycles. The van der Waals surface area contributed by atoms with Gasteiger partial charge >= 0.3 is 0 Å². The Morgan fingerprint density at radius 2 is 0.800 bits per heavy atom. The number of benzene rings is 9. The summed E-state index contributed by atoms with van der Waals surface area (Å²) in [5.74, 6) is 0. The third-order valence-corrected chi connectivity index (χ3v) is 15.4. The van der Waals surface area contributed by atoms with Crippen LogP contribution in [-0.2, 0) is 5.41 Å². The number of anilines is 3. The SMILES string of the molecule is CC1(C)c2cccc3ccc4cc(N(c5ccc(-c6ccccc6)cc5)c5ccc(S(c6ccccc6)(c6ccccc6)c6ccccc6)cc5)cc1c4c23. The molecule has 55 heavy (non-hydrogen) atoms. The average molecular weight is 724 g/mol. The van der Waals surface area contributed by atoms with Crippen LogP contribution in [0.25, 0.3) is 32.7 Å². The van der Waals surface area contributed by atoms with Crippen molar-refractivity contribution in [2.45, 2.75) is 38.8 Å². The van der Waals surface area contributed by atoms with Gasteiger partial charge in [-0.3, -0.25) is 0 Å². The van der Waals surface area contributed by atoms with Crippen LogP contribution in [0.15, 0.2) is 232 Å². The molecule has 1 aliphatic rings. The minimum atomic E-state index is -1.81. The van der Waals surface area contributed by atoms with E-state index in [2.05, 4.69) is 231 Å². The van der Waals surface area contributed by atoms with Gasteiger partial charge in [0.2, 0.25) is 0 Å². The molecule has 2 heteroatoms. The lowest BCUT2D eigenvalue weighted by atomic mass is 9.81. The maximum Gasteiger partial charge on any atom is 0.0471 e. The van der Waals surface area contributed by atoms with Crippen molar-refractivity contribution in [3.63, 3.8) is 0 Å². The summed E-state index contributed by atoms with van der Waals surface area (Å²) in [7, 11) is -1.81. The zero-order valence-electron chi connectivity index (χ0n) is 31.1. The molecule has 0 unspecified atom stereocenters. The molecule has 0 fully saturated rings. The van der Waals surface area contributed by atoms with Crippen LogP contribution in [0.3, 0.4) is 0 Å². The Balaban J connectivity index is 1.18. The van der Waals surface area contributed by atoms with Crippen LogP contribution in [0.1, 0.15) is 25.0 Å². The Morgan fingerprint density at radius 3 is 1.36 bits per heavy atom. The Hall–Kier alpha value is -6.35. The molecule has 0 amide bonds. The van der Waals surface area contributed by atoms with E-state index in [-0.39, 0.29) is 5.41 Å². The summed E-state index contributed by atoms with van der Waals surface area (Å²) >= 11 is 0. The summed E-state index contributed by atoms with van der Waals surface area (Å²) in [6.45, 7) is 4.76. The summed E-state index contributed by atoms with van der Waals surface area (Å²) in [4.78, 5) is 7.70. The summed E-state index contributed by atoms with van der Waals surface area (Å²) in [6, 6.07) is 78.6. The van der Waals surface area contributed by atoms with Gasteiger partial charge in [0, 0.05) is 42.1 Å². The van der Waals surface area contributed by atoms with Crippen LogP contribution in [-0.4, -0.2) is 0 Å². The molecule has 1 nitrogen and oxygen atoms in total. The largest absolute Gasteiger partial charge is 0.310 e. The van der Waals surface area contributed by atoms with Gasteiger partial charge in [-0.1, -0.05) is 141 Å². The van der Waals surface area contributed by atoms with Gasteiger partial charge in [0.15, 0.2) is 0 Å². The minimum absolute atomic E-state index is 0.117. The molecule has 0 atom stereocenters. The molecular formula is C53H41NS. The second kappa shape index (κ2) is 13.2. The quantitative estimate of drug-likeness (QED) is 0.141. The normalized spacial score (nSPS) is 13.3. The number of nitrogens with zero attached hydrogens (tertiary/aromatic N) is 1. The smallest absolute Gasteiger partial charge is 0.0471 e. The van der Waals surface area contributed by atoms with E-state index in [0.29, 0.717) is 0 Å². The van der Waals surface area contributed by atoms with Gasteiger partial charge in [-0.05, 0) is 129 Å². The molecule has 9 aromatic rings. The summed E-state index contributed by atoms with van der Waals surface area (Å²) in [5.41, 5.74) is 8.51. The van der Waals surface area contributed by atoms with E-state index in [0.717, 1.165) is 17.1 Å². The van der Waals surface area contributed by atoms with Crippen LogP contribution >= 0.6 is 10.0 Å². The molecule has 0 heterocycles. The molecule has 9 aromatic carbocycles. The van der Waals surface area contributed by atoms with Crippen LogP contribution in [0, 0.1) is 0 Å². The predicted octanol–water partition coefficient (Wildman–Crippen LogP) is 15.1. The van der Waals surface area contributed by atoms with E-state index in [9.17, 15) is 0 Å². The fourth-order valence-corrected chi connectivity index (χ4v) is 12.8. The molecule has 264 valence electrons. The molecule has 0 aliphatic heterocycles. The van der Waals surface area contributed by atoms with Gasteiger partial charge < -0.3 is 4.90 Å². The van der Waals surface area contributed by atoms with Gasteiger partial charge in [0.25, 0.3) is 0 Å². The molecule has 0 spiro atoms. The van der Waals surface area contributed by atoms with E-state index in [4.69, 9.17) is 0 Å². The maximum atomic E-state index is 2.45. The molecule has 0 N–H and O–H groups in total. The van der Waals surface area contributed by atoms with Gasteiger partial charge in [-0.15, -0.1) is 10.0 Å². The first kappa shape index (κ1) is 33.2. The fraction of sp³-hybridized carbons (Fsp3) is 0.0566. The van der Waals surface area contributed by atoms with Crippen LogP contribution < -0.4 is 4.90 Å². The predicted molar refractivity (Wildman–Crippen MR) is 234 cm³/mol. The Labute approximate surface area is 325 Å². The van der Waals surface area contributed by atoms with E-state index in [1.165, 1.54) is 63.4 Å². The topological polar surface area (TPSA) is 3.24 Å². The highest BCUT2D eigenvalue weighted by atomic mass is 32.3. The Kier molecular flexibility index (Phi) is 7.97. The van der Waals surface area contributed by atoms with E-state index < -0.39 is 10.0 Å². The van der Waals surface area contributed by atoms with Crippen molar-refractivity contribution in [2.24, 2.45) is 0 Å². The molecule has 0 aromatic heterocycles. The second-order valence-corrected chi connectivity index (χ2v) is 18.1. The highest BCUT2D eigenvalue weighted by Crippen LogP contribution is 2.73. The highest BCUT2D eigenvalue weighted by molar-refractivity contribution is 8.34. The first-order valence-electron chi connectivity index (χ1n) is 19.1. The van der Waals surface area contributed by atoms with Gasteiger partial charge in [0.1, 0.15) is 0 Å². The molecule has 10 rings (SSSR count). The number of hydrogen-bond acceptors (Lipinski definition) is 1. The maximum absolute atomic E-state index is 2.45. The first-order valence-corrected chi connectivity index (χ1v) is 20.7. The van der Waals surface area contributed by atoms with E-state index in [1.54, 1.807) is 0 Å². The third-order valence-electron chi connectivity index (χ3n) is 11.5. The zero-order chi connectivity index (χ0) is 37.0. The Bertz CT molecular complexity index is 2700. The van der Waals surface area contributed by atoms with Crippen molar-refractivity contribution in [1.29, 1.82) is 0 Å². The van der Waals surface area contributed by atoms with Crippen molar-refractivity contribution in [2.75, 3.05) is 4.90 Å². The second-order valence-electron chi connectivity index (χ2n) is 15.0. The molecule has 0 radical (unpaired) electrons. The summed E-state index contributed by atoms with van der Waals surface area (Å²) in [5, 5.41) is 5.38. The molecule has 0 saturated heterocycles. The molecule has 0 bridgehead atoms. The first-order chi connectivity index (χ1) is 27.0. The number of hydrogen-bond donors (Lipinski definition) is 0. The van der Waals surface area contributed by atoms with Gasteiger partial charge in [0.05, 0.1) is 0 Å². The molecular weight excluding hydrogens is 683 g/mol.